The van der Waals surface area contributed by atoms with Crippen molar-refractivity contribution < 1.29 is 4.39 Å². The van der Waals surface area contributed by atoms with Gasteiger partial charge in [-0.15, -0.1) is 0 Å². The van der Waals surface area contributed by atoms with Crippen LogP contribution in [0, 0.1) is 5.82 Å². The van der Waals surface area contributed by atoms with Gasteiger partial charge >= 0.3 is 0 Å². The SMILES string of the molecule is CN(c1cccc(F)c1)c1ccc(CCN)c(Cl)c1. The summed E-state index contributed by atoms with van der Waals surface area (Å²) in [7, 11) is 1.88. The van der Waals surface area contributed by atoms with E-state index in [1.165, 1.54) is 12.1 Å². The summed E-state index contributed by atoms with van der Waals surface area (Å²) in [6.45, 7) is 0.568. The fourth-order valence-electron chi connectivity index (χ4n) is 1.94. The van der Waals surface area contributed by atoms with Crippen molar-refractivity contribution in [3.05, 3.63) is 58.9 Å². The van der Waals surface area contributed by atoms with Crippen molar-refractivity contribution in [3.63, 3.8) is 0 Å². The van der Waals surface area contributed by atoms with E-state index in [0.717, 1.165) is 23.4 Å². The zero-order valence-corrected chi connectivity index (χ0v) is 11.5. The van der Waals surface area contributed by atoms with Crippen molar-refractivity contribution in [3.8, 4) is 0 Å². The van der Waals surface area contributed by atoms with Crippen molar-refractivity contribution in [1.82, 2.24) is 0 Å². The molecule has 0 unspecified atom stereocenters. The molecule has 0 atom stereocenters. The predicted octanol–water partition coefficient (Wildman–Crippen LogP) is 3.75. The summed E-state index contributed by atoms with van der Waals surface area (Å²) in [5.74, 6) is -0.254. The maximum absolute atomic E-state index is 13.2. The fourth-order valence-corrected chi connectivity index (χ4v) is 2.21. The van der Waals surface area contributed by atoms with E-state index in [-0.39, 0.29) is 5.82 Å². The first-order valence-corrected chi connectivity index (χ1v) is 6.47. The minimum Gasteiger partial charge on any atom is -0.344 e. The molecule has 0 aliphatic heterocycles. The Balaban J connectivity index is 2.29. The van der Waals surface area contributed by atoms with Gasteiger partial charge in [-0.05, 0) is 48.9 Å². The van der Waals surface area contributed by atoms with Gasteiger partial charge in [-0.3, -0.25) is 0 Å². The first-order valence-electron chi connectivity index (χ1n) is 6.09. The Hall–Kier alpha value is -1.58. The summed E-state index contributed by atoms with van der Waals surface area (Å²) in [5.41, 5.74) is 8.25. The highest BCUT2D eigenvalue weighted by Gasteiger charge is 2.07. The van der Waals surface area contributed by atoms with Gasteiger partial charge in [0, 0.05) is 23.4 Å². The molecule has 0 bridgehead atoms. The average molecular weight is 279 g/mol. The molecule has 2 nitrogen and oxygen atoms in total. The molecule has 0 spiro atoms. The lowest BCUT2D eigenvalue weighted by Crippen LogP contribution is -2.10. The first kappa shape index (κ1) is 13.8. The second-order valence-corrected chi connectivity index (χ2v) is 4.76. The van der Waals surface area contributed by atoms with E-state index < -0.39 is 0 Å². The monoisotopic (exact) mass is 278 g/mol. The van der Waals surface area contributed by atoms with Crippen LogP contribution in [0.15, 0.2) is 42.5 Å². The highest BCUT2D eigenvalue weighted by molar-refractivity contribution is 6.31. The number of rotatable bonds is 4. The molecule has 0 saturated carbocycles. The van der Waals surface area contributed by atoms with Crippen molar-refractivity contribution in [2.24, 2.45) is 5.73 Å². The topological polar surface area (TPSA) is 29.3 Å². The van der Waals surface area contributed by atoms with Crippen molar-refractivity contribution >= 4 is 23.0 Å². The third-order valence-electron chi connectivity index (χ3n) is 3.03. The molecule has 2 N–H and O–H groups in total. The van der Waals surface area contributed by atoms with Gasteiger partial charge in [0.15, 0.2) is 0 Å². The van der Waals surface area contributed by atoms with Gasteiger partial charge in [0.05, 0.1) is 0 Å². The molecule has 0 aliphatic carbocycles. The lowest BCUT2D eigenvalue weighted by molar-refractivity contribution is 0.628. The van der Waals surface area contributed by atoms with Crippen LogP contribution in [0.1, 0.15) is 5.56 Å². The Morgan fingerprint density at radius 1 is 1.16 bits per heavy atom. The minimum atomic E-state index is -0.254. The Bertz CT molecular complexity index is 572. The van der Waals surface area contributed by atoms with Crippen LogP contribution in [0.5, 0.6) is 0 Å². The number of halogens is 2. The van der Waals surface area contributed by atoms with Gasteiger partial charge < -0.3 is 10.6 Å². The third-order valence-corrected chi connectivity index (χ3v) is 3.38. The van der Waals surface area contributed by atoms with Crippen LogP contribution >= 0.6 is 11.6 Å². The minimum absolute atomic E-state index is 0.254. The average Bonchev–Trinajstić information content (AvgIpc) is 2.40. The van der Waals surface area contributed by atoms with E-state index >= 15 is 0 Å². The van der Waals surface area contributed by atoms with Gasteiger partial charge in [-0.1, -0.05) is 23.7 Å². The molecule has 0 saturated heterocycles. The molecular formula is C15H16ClFN2. The summed E-state index contributed by atoms with van der Waals surface area (Å²) in [5, 5.41) is 0.686. The molecule has 0 fully saturated rings. The van der Waals surface area contributed by atoms with Crippen molar-refractivity contribution in [1.29, 1.82) is 0 Å². The molecule has 0 aromatic heterocycles. The Morgan fingerprint density at radius 3 is 2.53 bits per heavy atom. The molecule has 0 heterocycles. The molecular weight excluding hydrogens is 263 g/mol. The maximum Gasteiger partial charge on any atom is 0.125 e. The molecule has 0 amide bonds. The zero-order valence-electron chi connectivity index (χ0n) is 10.7. The van der Waals surface area contributed by atoms with E-state index in [0.29, 0.717) is 11.6 Å². The van der Waals surface area contributed by atoms with Crippen LogP contribution in [0.25, 0.3) is 0 Å². The molecule has 0 radical (unpaired) electrons. The summed E-state index contributed by atoms with van der Waals surface area (Å²) in [6, 6.07) is 12.2. The van der Waals surface area contributed by atoms with Crippen molar-refractivity contribution in [2.75, 3.05) is 18.5 Å². The van der Waals surface area contributed by atoms with Crippen LogP contribution in [-0.2, 0) is 6.42 Å². The quantitative estimate of drug-likeness (QED) is 0.923. The lowest BCUT2D eigenvalue weighted by Gasteiger charge is -2.20. The normalized spacial score (nSPS) is 10.5. The first-order chi connectivity index (χ1) is 9.11. The highest BCUT2D eigenvalue weighted by atomic mass is 35.5. The number of benzene rings is 2. The van der Waals surface area contributed by atoms with Gasteiger partial charge in [0.2, 0.25) is 0 Å². The number of hydrogen-bond acceptors (Lipinski definition) is 2. The maximum atomic E-state index is 13.2. The lowest BCUT2D eigenvalue weighted by atomic mass is 10.1. The molecule has 100 valence electrons. The van der Waals surface area contributed by atoms with Crippen molar-refractivity contribution in [2.45, 2.75) is 6.42 Å². The largest absolute Gasteiger partial charge is 0.344 e. The Kier molecular flexibility index (Phi) is 4.40. The van der Waals surface area contributed by atoms with E-state index in [2.05, 4.69) is 0 Å². The van der Waals surface area contributed by atoms with Gasteiger partial charge in [-0.25, -0.2) is 4.39 Å². The van der Waals surface area contributed by atoms with Crippen LogP contribution in [0.4, 0.5) is 15.8 Å². The van der Waals surface area contributed by atoms with E-state index in [1.807, 2.05) is 36.2 Å². The standard InChI is InChI=1S/C15H16ClFN2/c1-19(13-4-2-3-12(17)9-13)14-6-5-11(7-8-18)15(16)10-14/h2-6,9-10H,7-8,18H2,1H3. The second kappa shape index (κ2) is 6.04. The molecule has 2 aromatic carbocycles. The highest BCUT2D eigenvalue weighted by Crippen LogP contribution is 2.28. The van der Waals surface area contributed by atoms with Crippen LogP contribution in [0.3, 0.4) is 0 Å². The van der Waals surface area contributed by atoms with E-state index in [9.17, 15) is 4.39 Å². The summed E-state index contributed by atoms with van der Waals surface area (Å²) >= 11 is 6.21. The number of hydrogen-bond donors (Lipinski definition) is 1. The van der Waals surface area contributed by atoms with Crippen LogP contribution in [-0.4, -0.2) is 13.6 Å². The fraction of sp³-hybridized carbons (Fsp3) is 0.200. The number of nitrogens with zero attached hydrogens (tertiary/aromatic N) is 1. The molecule has 0 aliphatic rings. The zero-order chi connectivity index (χ0) is 13.8. The smallest absolute Gasteiger partial charge is 0.125 e. The molecule has 19 heavy (non-hydrogen) atoms. The van der Waals surface area contributed by atoms with Gasteiger partial charge in [0.1, 0.15) is 5.82 Å². The third kappa shape index (κ3) is 3.25. The molecule has 2 aromatic rings. The second-order valence-electron chi connectivity index (χ2n) is 4.35. The van der Waals surface area contributed by atoms with E-state index in [1.54, 1.807) is 6.07 Å². The van der Waals surface area contributed by atoms with Crippen LogP contribution in [0.2, 0.25) is 5.02 Å². The van der Waals surface area contributed by atoms with Gasteiger partial charge in [0.25, 0.3) is 0 Å². The molecule has 4 heteroatoms. The van der Waals surface area contributed by atoms with Crippen LogP contribution < -0.4 is 10.6 Å². The Morgan fingerprint density at radius 2 is 1.89 bits per heavy atom. The molecule has 2 rings (SSSR count). The summed E-state index contributed by atoms with van der Waals surface area (Å²) < 4.78 is 13.2. The summed E-state index contributed by atoms with van der Waals surface area (Å²) in [4.78, 5) is 1.89. The summed E-state index contributed by atoms with van der Waals surface area (Å²) in [6.07, 6.45) is 0.753. The number of nitrogens with two attached hydrogens (primary N) is 1. The predicted molar refractivity (Wildman–Crippen MR) is 78.7 cm³/mol. The van der Waals surface area contributed by atoms with Gasteiger partial charge in [-0.2, -0.15) is 0 Å². The number of anilines is 2. The van der Waals surface area contributed by atoms with E-state index in [4.69, 9.17) is 17.3 Å². The Labute approximate surface area is 117 Å².